The highest BCUT2D eigenvalue weighted by atomic mass is 16.3. The van der Waals surface area contributed by atoms with Crippen LogP contribution in [0.15, 0.2) is 16.8 Å². The molecule has 0 bridgehead atoms. The number of rotatable bonds is 2. The van der Waals surface area contributed by atoms with E-state index in [1.54, 1.807) is 0 Å². The van der Waals surface area contributed by atoms with Crippen molar-refractivity contribution in [3.63, 3.8) is 0 Å². The summed E-state index contributed by atoms with van der Waals surface area (Å²) >= 11 is 0. The van der Waals surface area contributed by atoms with Crippen LogP contribution in [-0.4, -0.2) is 6.54 Å². The first-order valence-electron chi connectivity index (χ1n) is 2.90. The fraction of sp³-hybridized carbons (Fsp3) is 0.667. The van der Waals surface area contributed by atoms with Crippen LogP contribution in [0.2, 0.25) is 0 Å². The van der Waals surface area contributed by atoms with E-state index in [0.717, 1.165) is 12.8 Å². The topological polar surface area (TPSA) is 29.4 Å². The third kappa shape index (κ3) is 1.15. The van der Waals surface area contributed by atoms with Crippen LogP contribution < -0.4 is 0 Å². The molecule has 0 aromatic carbocycles. The van der Waals surface area contributed by atoms with E-state index < -0.39 is 0 Å². The summed E-state index contributed by atoms with van der Waals surface area (Å²) in [6.07, 6.45) is 5.56. The number of hydrogen-bond donors (Lipinski definition) is 0. The van der Waals surface area contributed by atoms with Gasteiger partial charge in [0, 0.05) is 0 Å². The Labute approximate surface area is 48.6 Å². The van der Waals surface area contributed by atoms with Crippen LogP contribution in [0.4, 0.5) is 0 Å². The highest BCUT2D eigenvalue weighted by molar-refractivity contribution is 5.08. The van der Waals surface area contributed by atoms with Crippen molar-refractivity contribution in [2.75, 3.05) is 6.54 Å². The highest BCUT2D eigenvalue weighted by Gasteiger charge is 2.02. The van der Waals surface area contributed by atoms with Gasteiger partial charge in [0.2, 0.25) is 0 Å². The van der Waals surface area contributed by atoms with Crippen molar-refractivity contribution in [1.82, 2.24) is 0 Å². The Balaban J connectivity index is 2.33. The minimum absolute atomic E-state index is 0.417. The molecule has 0 atom stereocenters. The lowest BCUT2D eigenvalue weighted by Crippen LogP contribution is -1.80. The molecule has 0 saturated heterocycles. The van der Waals surface area contributed by atoms with Crippen LogP contribution in [0.1, 0.15) is 19.3 Å². The molecule has 0 aromatic heterocycles. The van der Waals surface area contributed by atoms with E-state index in [-0.39, 0.29) is 0 Å². The molecule has 0 spiro atoms. The molecule has 1 aliphatic rings. The van der Waals surface area contributed by atoms with Crippen molar-refractivity contribution in [2.24, 2.45) is 5.18 Å². The maximum absolute atomic E-state index is 9.67. The maximum Gasteiger partial charge on any atom is 0.102 e. The summed E-state index contributed by atoms with van der Waals surface area (Å²) in [6.45, 7) is 0.417. The molecule has 2 heteroatoms. The van der Waals surface area contributed by atoms with Crippen LogP contribution in [0, 0.1) is 4.91 Å². The van der Waals surface area contributed by atoms with Gasteiger partial charge in [-0.05, 0) is 24.8 Å². The van der Waals surface area contributed by atoms with E-state index in [1.807, 2.05) is 0 Å². The number of hydrogen-bond acceptors (Lipinski definition) is 2. The second kappa shape index (κ2) is 2.60. The molecule has 8 heavy (non-hydrogen) atoms. The SMILES string of the molecule is O=NCC1=CCCC1. The van der Waals surface area contributed by atoms with Gasteiger partial charge in [-0.3, -0.25) is 0 Å². The molecule has 0 aromatic rings. The fourth-order valence-electron chi connectivity index (χ4n) is 0.964. The van der Waals surface area contributed by atoms with Crippen molar-refractivity contribution in [2.45, 2.75) is 19.3 Å². The monoisotopic (exact) mass is 111 g/mol. The number of nitroso groups, excluding NO2 is 1. The smallest absolute Gasteiger partial charge is 0.102 e. The lowest BCUT2D eigenvalue weighted by molar-refractivity contribution is 0.888. The van der Waals surface area contributed by atoms with Crippen LogP contribution >= 0.6 is 0 Å². The fourth-order valence-corrected chi connectivity index (χ4v) is 0.964. The Bertz CT molecular complexity index is 118. The van der Waals surface area contributed by atoms with Crippen molar-refractivity contribution in [3.8, 4) is 0 Å². The summed E-state index contributed by atoms with van der Waals surface area (Å²) in [7, 11) is 0. The predicted octanol–water partition coefficient (Wildman–Crippen LogP) is 1.86. The zero-order chi connectivity index (χ0) is 5.82. The van der Waals surface area contributed by atoms with Crippen molar-refractivity contribution in [1.29, 1.82) is 0 Å². The van der Waals surface area contributed by atoms with Crippen LogP contribution in [0.5, 0.6) is 0 Å². The summed E-state index contributed by atoms with van der Waals surface area (Å²) in [5.41, 5.74) is 1.22. The first kappa shape index (κ1) is 5.48. The van der Waals surface area contributed by atoms with Gasteiger partial charge in [-0.15, -0.1) is 0 Å². The summed E-state index contributed by atoms with van der Waals surface area (Å²) in [4.78, 5) is 9.67. The van der Waals surface area contributed by atoms with E-state index in [1.165, 1.54) is 12.0 Å². The molecular formula is C6H9NO. The van der Waals surface area contributed by atoms with E-state index in [0.29, 0.717) is 6.54 Å². The van der Waals surface area contributed by atoms with Gasteiger partial charge in [-0.1, -0.05) is 11.3 Å². The zero-order valence-corrected chi connectivity index (χ0v) is 4.76. The molecule has 0 unspecified atom stereocenters. The van der Waals surface area contributed by atoms with Gasteiger partial charge in [0.05, 0.1) is 0 Å². The summed E-state index contributed by atoms with van der Waals surface area (Å²) in [5, 5.41) is 2.80. The summed E-state index contributed by atoms with van der Waals surface area (Å²) in [5.74, 6) is 0. The van der Waals surface area contributed by atoms with Gasteiger partial charge in [-0.2, -0.15) is 4.91 Å². The Morgan fingerprint density at radius 2 is 2.62 bits per heavy atom. The van der Waals surface area contributed by atoms with Crippen molar-refractivity contribution in [3.05, 3.63) is 16.6 Å². The van der Waals surface area contributed by atoms with E-state index in [9.17, 15) is 4.91 Å². The normalized spacial score (nSPS) is 18.2. The first-order valence-corrected chi connectivity index (χ1v) is 2.90. The van der Waals surface area contributed by atoms with Gasteiger partial charge in [0.15, 0.2) is 0 Å². The Hall–Kier alpha value is -0.660. The molecule has 0 radical (unpaired) electrons. The molecule has 0 N–H and O–H groups in total. The van der Waals surface area contributed by atoms with Crippen LogP contribution in [0.3, 0.4) is 0 Å². The Morgan fingerprint density at radius 3 is 3.12 bits per heavy atom. The molecule has 0 amide bonds. The maximum atomic E-state index is 9.67. The molecule has 1 rings (SSSR count). The number of allylic oxidation sites excluding steroid dienone is 1. The lowest BCUT2D eigenvalue weighted by Gasteiger charge is -1.87. The molecule has 0 saturated carbocycles. The van der Waals surface area contributed by atoms with E-state index in [4.69, 9.17) is 0 Å². The second-order valence-electron chi connectivity index (χ2n) is 2.04. The summed E-state index contributed by atoms with van der Waals surface area (Å²) < 4.78 is 0. The minimum Gasteiger partial charge on any atom is -0.150 e. The van der Waals surface area contributed by atoms with Gasteiger partial charge in [0.1, 0.15) is 6.54 Å². The second-order valence-corrected chi connectivity index (χ2v) is 2.04. The lowest BCUT2D eigenvalue weighted by atomic mass is 10.2. The highest BCUT2D eigenvalue weighted by Crippen LogP contribution is 2.16. The van der Waals surface area contributed by atoms with Crippen LogP contribution in [-0.2, 0) is 0 Å². The Morgan fingerprint density at radius 1 is 1.75 bits per heavy atom. The van der Waals surface area contributed by atoms with Gasteiger partial charge >= 0.3 is 0 Å². The third-order valence-electron chi connectivity index (χ3n) is 1.40. The molecule has 44 valence electrons. The predicted molar refractivity (Wildman–Crippen MR) is 32.6 cm³/mol. The first-order chi connectivity index (χ1) is 3.93. The quantitative estimate of drug-likeness (QED) is 0.395. The largest absolute Gasteiger partial charge is 0.150 e. The van der Waals surface area contributed by atoms with Gasteiger partial charge < -0.3 is 0 Å². The van der Waals surface area contributed by atoms with Crippen molar-refractivity contribution < 1.29 is 0 Å². The molecule has 0 fully saturated rings. The van der Waals surface area contributed by atoms with Gasteiger partial charge in [0.25, 0.3) is 0 Å². The molecule has 0 aliphatic heterocycles. The van der Waals surface area contributed by atoms with E-state index >= 15 is 0 Å². The minimum atomic E-state index is 0.417. The van der Waals surface area contributed by atoms with Gasteiger partial charge in [-0.25, -0.2) is 0 Å². The number of nitrogens with zero attached hydrogens (tertiary/aromatic N) is 1. The average Bonchev–Trinajstić information content (AvgIpc) is 2.19. The Kier molecular flexibility index (Phi) is 1.78. The van der Waals surface area contributed by atoms with Crippen LogP contribution in [0.25, 0.3) is 0 Å². The molecule has 1 aliphatic carbocycles. The summed E-state index contributed by atoms with van der Waals surface area (Å²) in [6, 6.07) is 0. The zero-order valence-electron chi connectivity index (χ0n) is 4.76. The average molecular weight is 111 g/mol. The molecular weight excluding hydrogens is 102 g/mol. The van der Waals surface area contributed by atoms with Crippen molar-refractivity contribution >= 4 is 0 Å². The standard InChI is InChI=1S/C6H9NO/c8-7-5-6-3-1-2-4-6/h3H,1-2,4-5H2. The molecule has 0 heterocycles. The third-order valence-corrected chi connectivity index (χ3v) is 1.40. The molecule has 2 nitrogen and oxygen atoms in total. The van der Waals surface area contributed by atoms with E-state index in [2.05, 4.69) is 11.3 Å².